The highest BCUT2D eigenvalue weighted by Crippen LogP contribution is 2.31. The molecule has 104 valence electrons. The van der Waals surface area contributed by atoms with Crippen molar-refractivity contribution in [2.45, 2.75) is 25.8 Å². The molecule has 1 N–H and O–H groups in total. The average molecular weight is 292 g/mol. The summed E-state index contributed by atoms with van der Waals surface area (Å²) >= 11 is 6.15. The summed E-state index contributed by atoms with van der Waals surface area (Å²) in [5, 5.41) is 17.6. The number of hydrogen-bond donors (Lipinski definition) is 1. The lowest BCUT2D eigenvalue weighted by Gasteiger charge is -2.08. The molecule has 6 heteroatoms. The van der Waals surface area contributed by atoms with E-state index in [1.54, 1.807) is 10.7 Å². The summed E-state index contributed by atoms with van der Waals surface area (Å²) in [7, 11) is 0. The lowest BCUT2D eigenvalue weighted by atomic mass is 10.1. The molecular weight excluding hydrogens is 278 g/mol. The Morgan fingerprint density at radius 1 is 1.40 bits per heavy atom. The Bertz CT molecular complexity index is 650. The highest BCUT2D eigenvalue weighted by Gasteiger charge is 2.26. The van der Waals surface area contributed by atoms with Crippen molar-refractivity contribution in [1.29, 1.82) is 0 Å². The van der Waals surface area contributed by atoms with Gasteiger partial charge in [-0.25, -0.2) is 9.48 Å². The van der Waals surface area contributed by atoms with Gasteiger partial charge in [0.25, 0.3) is 0 Å². The number of aromatic carboxylic acids is 1. The highest BCUT2D eigenvalue weighted by atomic mass is 35.5. The fourth-order valence-electron chi connectivity index (χ4n) is 2.19. The van der Waals surface area contributed by atoms with Crippen LogP contribution in [0.15, 0.2) is 24.3 Å². The molecule has 3 rings (SSSR count). The van der Waals surface area contributed by atoms with Crippen molar-refractivity contribution in [2.24, 2.45) is 5.92 Å². The van der Waals surface area contributed by atoms with Crippen LogP contribution in [0.2, 0.25) is 5.02 Å². The molecule has 0 spiro atoms. The summed E-state index contributed by atoms with van der Waals surface area (Å²) in [6, 6.07) is 7.43. The zero-order chi connectivity index (χ0) is 14.1. The van der Waals surface area contributed by atoms with E-state index >= 15 is 0 Å². The van der Waals surface area contributed by atoms with Gasteiger partial charge in [-0.05, 0) is 30.4 Å². The minimum Gasteiger partial charge on any atom is -0.476 e. The number of carbonyl (C=O) groups is 1. The fourth-order valence-corrected chi connectivity index (χ4v) is 2.39. The molecule has 2 aromatic rings. The van der Waals surface area contributed by atoms with Crippen LogP contribution in [-0.4, -0.2) is 26.1 Å². The monoisotopic (exact) mass is 291 g/mol. The Morgan fingerprint density at radius 3 is 2.80 bits per heavy atom. The highest BCUT2D eigenvalue weighted by molar-refractivity contribution is 6.31. The molecule has 0 bridgehead atoms. The molecule has 1 aliphatic carbocycles. The van der Waals surface area contributed by atoms with Crippen LogP contribution in [0, 0.1) is 5.92 Å². The third kappa shape index (κ3) is 2.67. The minimum atomic E-state index is -1.05. The molecule has 1 heterocycles. The lowest BCUT2D eigenvalue weighted by molar-refractivity contribution is 0.0689. The average Bonchev–Trinajstić information content (AvgIpc) is 3.14. The first kappa shape index (κ1) is 13.1. The van der Waals surface area contributed by atoms with Gasteiger partial charge in [-0.1, -0.05) is 35.0 Å². The van der Waals surface area contributed by atoms with Crippen LogP contribution in [0.25, 0.3) is 0 Å². The molecule has 1 aromatic carbocycles. The van der Waals surface area contributed by atoms with Crippen molar-refractivity contribution < 1.29 is 9.90 Å². The van der Waals surface area contributed by atoms with E-state index in [1.165, 1.54) is 12.8 Å². The second kappa shape index (κ2) is 5.25. The second-order valence-corrected chi connectivity index (χ2v) is 5.49. The van der Waals surface area contributed by atoms with E-state index < -0.39 is 5.97 Å². The molecule has 0 saturated heterocycles. The Hall–Kier alpha value is -1.88. The Kier molecular flexibility index (Phi) is 3.44. The smallest absolute Gasteiger partial charge is 0.358 e. The number of benzene rings is 1. The molecular formula is C14H14ClN3O2. The zero-order valence-corrected chi connectivity index (χ0v) is 11.5. The van der Waals surface area contributed by atoms with Gasteiger partial charge in [-0.3, -0.25) is 0 Å². The molecule has 1 saturated carbocycles. The van der Waals surface area contributed by atoms with Gasteiger partial charge in [0.05, 0.1) is 5.69 Å². The van der Waals surface area contributed by atoms with Crippen LogP contribution in [0.3, 0.4) is 0 Å². The fraction of sp³-hybridized carbons (Fsp3) is 0.357. The molecule has 0 radical (unpaired) electrons. The summed E-state index contributed by atoms with van der Waals surface area (Å²) in [6.07, 6.45) is 2.78. The van der Waals surface area contributed by atoms with E-state index in [0.717, 1.165) is 12.1 Å². The van der Waals surface area contributed by atoms with Gasteiger partial charge in [0.2, 0.25) is 0 Å². The third-order valence-corrected chi connectivity index (χ3v) is 3.85. The van der Waals surface area contributed by atoms with E-state index in [4.69, 9.17) is 11.6 Å². The summed E-state index contributed by atoms with van der Waals surface area (Å²) < 4.78 is 1.71. The minimum absolute atomic E-state index is 0.0190. The maximum absolute atomic E-state index is 11.3. The summed E-state index contributed by atoms with van der Waals surface area (Å²) in [5.74, 6) is -0.447. The number of nitrogens with zero attached hydrogens (tertiary/aromatic N) is 3. The summed E-state index contributed by atoms with van der Waals surface area (Å²) in [4.78, 5) is 11.3. The zero-order valence-electron chi connectivity index (χ0n) is 10.8. The van der Waals surface area contributed by atoms with Crippen LogP contribution >= 0.6 is 11.6 Å². The van der Waals surface area contributed by atoms with Gasteiger partial charge in [0.15, 0.2) is 5.69 Å². The van der Waals surface area contributed by atoms with Crippen LogP contribution in [0.1, 0.15) is 34.6 Å². The SMILES string of the molecule is O=C(O)c1nnn(CC2CC2)c1Cc1ccccc1Cl. The molecule has 0 atom stereocenters. The third-order valence-electron chi connectivity index (χ3n) is 3.48. The number of rotatable bonds is 5. The van der Waals surface area contributed by atoms with E-state index in [1.807, 2.05) is 18.2 Å². The van der Waals surface area contributed by atoms with Crippen LogP contribution in [-0.2, 0) is 13.0 Å². The first-order valence-electron chi connectivity index (χ1n) is 6.54. The van der Waals surface area contributed by atoms with E-state index in [-0.39, 0.29) is 5.69 Å². The van der Waals surface area contributed by atoms with Gasteiger partial charge in [-0.15, -0.1) is 5.10 Å². The molecule has 5 nitrogen and oxygen atoms in total. The molecule has 0 aliphatic heterocycles. The summed E-state index contributed by atoms with van der Waals surface area (Å²) in [5.41, 5.74) is 1.53. The van der Waals surface area contributed by atoms with Crippen LogP contribution in [0.5, 0.6) is 0 Å². The number of hydrogen-bond acceptors (Lipinski definition) is 3. The van der Waals surface area contributed by atoms with Gasteiger partial charge in [0.1, 0.15) is 0 Å². The number of halogens is 1. The molecule has 0 unspecified atom stereocenters. The van der Waals surface area contributed by atoms with Crippen molar-refractivity contribution >= 4 is 17.6 Å². The van der Waals surface area contributed by atoms with Gasteiger partial charge in [-0.2, -0.15) is 0 Å². The Labute approximate surface area is 121 Å². The standard InChI is InChI=1S/C14H14ClN3O2/c15-11-4-2-1-3-10(11)7-12-13(14(19)20)16-17-18(12)8-9-5-6-9/h1-4,9H,5-8H2,(H,19,20). The van der Waals surface area contributed by atoms with Gasteiger partial charge < -0.3 is 5.11 Å². The first-order valence-corrected chi connectivity index (χ1v) is 6.92. The van der Waals surface area contributed by atoms with Crippen LogP contribution < -0.4 is 0 Å². The summed E-state index contributed by atoms with van der Waals surface area (Å²) in [6.45, 7) is 0.736. The molecule has 20 heavy (non-hydrogen) atoms. The second-order valence-electron chi connectivity index (χ2n) is 5.08. The van der Waals surface area contributed by atoms with Crippen LogP contribution in [0.4, 0.5) is 0 Å². The number of carboxylic acid groups (broad SMARTS) is 1. The van der Waals surface area contributed by atoms with E-state index in [2.05, 4.69) is 10.3 Å². The maximum Gasteiger partial charge on any atom is 0.358 e. The van der Waals surface area contributed by atoms with Gasteiger partial charge >= 0.3 is 5.97 Å². The molecule has 1 aliphatic rings. The number of aromatic nitrogens is 3. The Balaban J connectivity index is 1.95. The molecule has 1 aromatic heterocycles. The molecule has 1 fully saturated rings. The predicted molar refractivity (Wildman–Crippen MR) is 74.0 cm³/mol. The van der Waals surface area contributed by atoms with Gasteiger partial charge in [0, 0.05) is 18.0 Å². The quantitative estimate of drug-likeness (QED) is 0.919. The maximum atomic E-state index is 11.3. The van der Waals surface area contributed by atoms with E-state index in [9.17, 15) is 9.90 Å². The predicted octanol–water partition coefficient (Wildman–Crippen LogP) is 2.63. The largest absolute Gasteiger partial charge is 0.476 e. The molecule has 0 amide bonds. The van der Waals surface area contributed by atoms with Crippen molar-refractivity contribution in [3.05, 3.63) is 46.2 Å². The Morgan fingerprint density at radius 2 is 2.15 bits per heavy atom. The normalized spacial score (nSPS) is 14.4. The number of carboxylic acids is 1. The van der Waals surface area contributed by atoms with Crippen molar-refractivity contribution in [2.75, 3.05) is 0 Å². The van der Waals surface area contributed by atoms with Crippen molar-refractivity contribution in [3.63, 3.8) is 0 Å². The van der Waals surface area contributed by atoms with Crippen molar-refractivity contribution in [1.82, 2.24) is 15.0 Å². The first-order chi connectivity index (χ1) is 9.65. The topological polar surface area (TPSA) is 68.0 Å². The van der Waals surface area contributed by atoms with E-state index in [0.29, 0.717) is 23.1 Å². The van der Waals surface area contributed by atoms with Crippen molar-refractivity contribution in [3.8, 4) is 0 Å². The lowest BCUT2D eigenvalue weighted by Crippen LogP contribution is -2.10.